The van der Waals surface area contributed by atoms with Crippen LogP contribution in [0.1, 0.15) is 28.1 Å². The largest absolute Gasteiger partial charge is 0.484 e. The van der Waals surface area contributed by atoms with Gasteiger partial charge in [-0.1, -0.05) is 6.07 Å². The number of benzene rings is 1. The van der Waals surface area contributed by atoms with Crippen molar-refractivity contribution >= 4 is 12.1 Å². The van der Waals surface area contributed by atoms with Gasteiger partial charge in [-0.15, -0.1) is 0 Å². The molecule has 0 saturated carbocycles. The molecule has 0 bridgehead atoms. The highest BCUT2D eigenvalue weighted by Gasteiger charge is 2.03. The Labute approximate surface area is 130 Å². The summed E-state index contributed by atoms with van der Waals surface area (Å²) in [5.74, 6) is 0.397. The van der Waals surface area contributed by atoms with Gasteiger partial charge in [0.25, 0.3) is 5.91 Å². The van der Waals surface area contributed by atoms with E-state index in [0.717, 1.165) is 28.1 Å². The molecule has 2 N–H and O–H groups in total. The molecule has 0 radical (unpaired) electrons. The van der Waals surface area contributed by atoms with Crippen molar-refractivity contribution in [2.45, 2.75) is 27.7 Å². The van der Waals surface area contributed by atoms with E-state index in [1.54, 1.807) is 6.21 Å². The van der Waals surface area contributed by atoms with E-state index in [9.17, 15) is 4.79 Å². The number of hydrogen-bond acceptors (Lipinski definition) is 3. The van der Waals surface area contributed by atoms with Crippen molar-refractivity contribution in [2.24, 2.45) is 5.10 Å². The average Bonchev–Trinajstić information content (AvgIpc) is 2.74. The molecular formula is C17H21N3O2. The van der Waals surface area contributed by atoms with Crippen LogP contribution in [0.5, 0.6) is 5.75 Å². The first-order chi connectivity index (χ1) is 10.4. The van der Waals surface area contributed by atoms with Gasteiger partial charge in [-0.3, -0.25) is 4.79 Å². The molecule has 2 rings (SSSR count). The van der Waals surface area contributed by atoms with Gasteiger partial charge in [0.15, 0.2) is 6.61 Å². The van der Waals surface area contributed by atoms with E-state index in [0.29, 0.717) is 5.75 Å². The predicted molar refractivity (Wildman–Crippen MR) is 87.4 cm³/mol. The highest BCUT2D eigenvalue weighted by Crippen LogP contribution is 2.15. The van der Waals surface area contributed by atoms with Crippen LogP contribution in [-0.2, 0) is 4.79 Å². The fraction of sp³-hybridized carbons (Fsp3) is 0.294. The number of aromatic nitrogens is 1. The van der Waals surface area contributed by atoms with E-state index in [1.165, 1.54) is 0 Å². The number of rotatable bonds is 5. The van der Waals surface area contributed by atoms with Gasteiger partial charge in [-0.05, 0) is 57.0 Å². The number of ether oxygens (including phenoxy) is 1. The minimum Gasteiger partial charge on any atom is -0.484 e. The molecule has 0 aliphatic carbocycles. The van der Waals surface area contributed by atoms with Crippen molar-refractivity contribution < 1.29 is 9.53 Å². The average molecular weight is 299 g/mol. The molecule has 0 atom stereocenters. The number of hydrogen-bond donors (Lipinski definition) is 2. The molecule has 5 heteroatoms. The monoisotopic (exact) mass is 299 g/mol. The Balaban J connectivity index is 1.84. The van der Waals surface area contributed by atoms with E-state index in [2.05, 4.69) is 21.6 Å². The second-order valence-corrected chi connectivity index (χ2v) is 5.44. The summed E-state index contributed by atoms with van der Waals surface area (Å²) >= 11 is 0. The molecule has 0 fully saturated rings. The van der Waals surface area contributed by atoms with Gasteiger partial charge in [0.05, 0.1) is 6.21 Å². The lowest BCUT2D eigenvalue weighted by molar-refractivity contribution is -0.123. The number of nitrogens with zero attached hydrogens (tertiary/aromatic N) is 1. The SMILES string of the molecule is Cc1cc(C)cc(OCC(=O)N/N=C/c2cc(C)[nH]c2C)c1. The molecule has 116 valence electrons. The molecule has 1 heterocycles. The van der Waals surface area contributed by atoms with Gasteiger partial charge < -0.3 is 9.72 Å². The van der Waals surface area contributed by atoms with Crippen LogP contribution in [0.2, 0.25) is 0 Å². The molecule has 0 aliphatic rings. The smallest absolute Gasteiger partial charge is 0.277 e. The zero-order chi connectivity index (χ0) is 16.1. The van der Waals surface area contributed by atoms with E-state index < -0.39 is 0 Å². The highest BCUT2D eigenvalue weighted by molar-refractivity contribution is 5.84. The fourth-order valence-corrected chi connectivity index (χ4v) is 2.25. The number of carbonyl (C=O) groups excluding carboxylic acids is 1. The lowest BCUT2D eigenvalue weighted by Gasteiger charge is -2.07. The molecule has 0 saturated heterocycles. The summed E-state index contributed by atoms with van der Waals surface area (Å²) < 4.78 is 5.47. The van der Waals surface area contributed by atoms with Gasteiger partial charge in [0.2, 0.25) is 0 Å². The van der Waals surface area contributed by atoms with Crippen LogP contribution < -0.4 is 10.2 Å². The number of aryl methyl sites for hydroxylation is 4. The summed E-state index contributed by atoms with van der Waals surface area (Å²) in [5.41, 5.74) is 7.69. The topological polar surface area (TPSA) is 66.5 Å². The van der Waals surface area contributed by atoms with Crippen molar-refractivity contribution in [3.8, 4) is 5.75 Å². The maximum absolute atomic E-state index is 11.7. The van der Waals surface area contributed by atoms with Crippen molar-refractivity contribution in [1.29, 1.82) is 0 Å². The standard InChI is InChI=1S/C17H21N3O2/c1-11-5-12(2)7-16(6-11)22-10-17(21)20-18-9-15-8-13(3)19-14(15)4/h5-9,19H,10H2,1-4H3,(H,20,21)/b18-9+. The normalized spacial score (nSPS) is 10.9. The van der Waals surface area contributed by atoms with Gasteiger partial charge in [0.1, 0.15) is 5.75 Å². The first-order valence-corrected chi connectivity index (χ1v) is 7.13. The van der Waals surface area contributed by atoms with Crippen molar-refractivity contribution in [2.75, 3.05) is 6.61 Å². The number of amides is 1. The second-order valence-electron chi connectivity index (χ2n) is 5.44. The van der Waals surface area contributed by atoms with Crippen LogP contribution in [-0.4, -0.2) is 23.7 Å². The molecule has 2 aromatic rings. The zero-order valence-electron chi connectivity index (χ0n) is 13.4. The van der Waals surface area contributed by atoms with E-state index in [1.807, 2.05) is 45.9 Å². The maximum atomic E-state index is 11.7. The van der Waals surface area contributed by atoms with Crippen LogP contribution in [0.15, 0.2) is 29.4 Å². The molecule has 0 spiro atoms. The minimum atomic E-state index is -0.291. The zero-order valence-corrected chi connectivity index (χ0v) is 13.4. The van der Waals surface area contributed by atoms with Crippen LogP contribution in [0.4, 0.5) is 0 Å². The van der Waals surface area contributed by atoms with E-state index in [4.69, 9.17) is 4.74 Å². The number of hydrazone groups is 1. The second kappa shape index (κ2) is 6.93. The van der Waals surface area contributed by atoms with E-state index >= 15 is 0 Å². The third-order valence-corrected chi connectivity index (χ3v) is 3.15. The first-order valence-electron chi connectivity index (χ1n) is 7.13. The molecule has 0 unspecified atom stereocenters. The summed E-state index contributed by atoms with van der Waals surface area (Å²) in [5, 5.41) is 3.94. The minimum absolute atomic E-state index is 0.0641. The van der Waals surface area contributed by atoms with Gasteiger partial charge in [0, 0.05) is 17.0 Å². The Morgan fingerprint density at radius 1 is 1.18 bits per heavy atom. The molecular weight excluding hydrogens is 278 g/mol. The Kier molecular flexibility index (Phi) is 4.99. The number of nitrogens with one attached hydrogen (secondary N) is 2. The quantitative estimate of drug-likeness (QED) is 0.658. The Morgan fingerprint density at radius 3 is 2.45 bits per heavy atom. The summed E-state index contributed by atoms with van der Waals surface area (Å²) in [6, 6.07) is 7.82. The van der Waals surface area contributed by atoms with Gasteiger partial charge >= 0.3 is 0 Å². The van der Waals surface area contributed by atoms with Crippen LogP contribution in [0.25, 0.3) is 0 Å². The molecule has 1 amide bonds. The van der Waals surface area contributed by atoms with Crippen molar-refractivity contribution in [3.05, 3.63) is 52.3 Å². The summed E-state index contributed by atoms with van der Waals surface area (Å²) in [6.45, 7) is 7.85. The Hall–Kier alpha value is -2.56. The Morgan fingerprint density at radius 2 is 1.86 bits per heavy atom. The summed E-state index contributed by atoms with van der Waals surface area (Å²) in [6.07, 6.45) is 1.62. The molecule has 1 aromatic heterocycles. The van der Waals surface area contributed by atoms with Gasteiger partial charge in [-0.2, -0.15) is 5.10 Å². The maximum Gasteiger partial charge on any atom is 0.277 e. The summed E-state index contributed by atoms with van der Waals surface area (Å²) in [7, 11) is 0. The van der Waals surface area contributed by atoms with Gasteiger partial charge in [-0.25, -0.2) is 5.43 Å². The van der Waals surface area contributed by atoms with E-state index in [-0.39, 0.29) is 12.5 Å². The summed E-state index contributed by atoms with van der Waals surface area (Å²) in [4.78, 5) is 14.9. The highest BCUT2D eigenvalue weighted by atomic mass is 16.5. The van der Waals surface area contributed by atoms with Crippen LogP contribution in [0.3, 0.4) is 0 Å². The van der Waals surface area contributed by atoms with Crippen LogP contribution >= 0.6 is 0 Å². The molecule has 0 aliphatic heterocycles. The number of aromatic amines is 1. The van der Waals surface area contributed by atoms with Crippen molar-refractivity contribution in [1.82, 2.24) is 10.4 Å². The number of H-pyrrole nitrogens is 1. The van der Waals surface area contributed by atoms with Crippen LogP contribution in [0, 0.1) is 27.7 Å². The predicted octanol–water partition coefficient (Wildman–Crippen LogP) is 2.78. The number of carbonyl (C=O) groups is 1. The first kappa shape index (κ1) is 15.8. The third-order valence-electron chi connectivity index (χ3n) is 3.15. The lowest BCUT2D eigenvalue weighted by atomic mass is 10.1. The lowest BCUT2D eigenvalue weighted by Crippen LogP contribution is -2.24. The fourth-order valence-electron chi connectivity index (χ4n) is 2.25. The third kappa shape index (κ3) is 4.48. The molecule has 22 heavy (non-hydrogen) atoms. The molecule has 5 nitrogen and oxygen atoms in total. The Bertz CT molecular complexity index is 682. The molecule has 1 aromatic carbocycles. The van der Waals surface area contributed by atoms with Crippen molar-refractivity contribution in [3.63, 3.8) is 0 Å².